The van der Waals surface area contributed by atoms with E-state index >= 15 is 0 Å². The molecular weight excluding hydrogens is 346 g/mol. The first-order valence-corrected chi connectivity index (χ1v) is 8.54. The molecule has 1 atom stereocenters. The summed E-state index contributed by atoms with van der Waals surface area (Å²) in [6.07, 6.45) is -1.24. The molecule has 3 amide bonds. The minimum atomic E-state index is -1.24. The van der Waals surface area contributed by atoms with Gasteiger partial charge in [-0.05, 0) is 31.2 Å². The van der Waals surface area contributed by atoms with Gasteiger partial charge in [-0.15, -0.1) is 0 Å². The van der Waals surface area contributed by atoms with Gasteiger partial charge in [0.25, 0.3) is 5.91 Å². The molecule has 0 fully saturated rings. The zero-order valence-corrected chi connectivity index (χ0v) is 15.6. The van der Waals surface area contributed by atoms with Gasteiger partial charge in [0.05, 0.1) is 5.56 Å². The van der Waals surface area contributed by atoms with Crippen LogP contribution in [0.15, 0.2) is 54.6 Å². The quantitative estimate of drug-likeness (QED) is 0.764. The van der Waals surface area contributed by atoms with Crippen LogP contribution < -0.4 is 15.5 Å². The maximum Gasteiger partial charge on any atom is 0.339 e. The molecule has 7 heteroatoms. The van der Waals surface area contributed by atoms with Crippen molar-refractivity contribution in [2.24, 2.45) is 0 Å². The van der Waals surface area contributed by atoms with Gasteiger partial charge in [0.1, 0.15) is 0 Å². The monoisotopic (exact) mass is 369 g/mol. The van der Waals surface area contributed by atoms with Crippen molar-refractivity contribution >= 4 is 23.6 Å². The van der Waals surface area contributed by atoms with E-state index in [2.05, 4.69) is 10.6 Å². The van der Waals surface area contributed by atoms with Crippen molar-refractivity contribution in [3.63, 3.8) is 0 Å². The zero-order valence-electron chi connectivity index (χ0n) is 15.6. The van der Waals surface area contributed by atoms with Crippen molar-refractivity contribution in [1.29, 1.82) is 0 Å². The summed E-state index contributed by atoms with van der Waals surface area (Å²) in [5.74, 6) is -1.37. The summed E-state index contributed by atoms with van der Waals surface area (Å²) in [7, 11) is 3.79. The number of esters is 1. The topological polar surface area (TPSA) is 87.7 Å². The Morgan fingerprint density at radius 2 is 1.63 bits per heavy atom. The highest BCUT2D eigenvalue weighted by molar-refractivity contribution is 5.99. The van der Waals surface area contributed by atoms with Gasteiger partial charge in [-0.1, -0.05) is 30.3 Å². The lowest BCUT2D eigenvalue weighted by molar-refractivity contribution is -0.129. The average molecular weight is 369 g/mol. The van der Waals surface area contributed by atoms with E-state index in [9.17, 15) is 14.4 Å². The third kappa shape index (κ3) is 5.57. The summed E-state index contributed by atoms with van der Waals surface area (Å²) in [4.78, 5) is 38.6. The van der Waals surface area contributed by atoms with Gasteiger partial charge in [-0.3, -0.25) is 10.1 Å². The Morgan fingerprint density at radius 3 is 2.19 bits per heavy atom. The van der Waals surface area contributed by atoms with Gasteiger partial charge in [0.2, 0.25) is 6.10 Å². The second kappa shape index (κ2) is 9.38. The van der Waals surface area contributed by atoms with Crippen LogP contribution in [0.5, 0.6) is 0 Å². The fraction of sp³-hybridized carbons (Fsp3) is 0.250. The zero-order chi connectivity index (χ0) is 19.8. The molecule has 0 bridgehead atoms. The number of carbonyl (C=O) groups is 3. The number of carbonyl (C=O) groups excluding carboxylic acids is 3. The van der Waals surface area contributed by atoms with Crippen molar-refractivity contribution in [3.05, 3.63) is 65.7 Å². The molecule has 0 radical (unpaired) electrons. The summed E-state index contributed by atoms with van der Waals surface area (Å²) >= 11 is 0. The lowest BCUT2D eigenvalue weighted by Gasteiger charge is -2.18. The van der Waals surface area contributed by atoms with Crippen LogP contribution in [-0.4, -0.2) is 38.5 Å². The molecule has 2 rings (SSSR count). The number of benzene rings is 2. The van der Waals surface area contributed by atoms with Crippen molar-refractivity contribution in [2.75, 3.05) is 25.5 Å². The van der Waals surface area contributed by atoms with E-state index in [4.69, 9.17) is 4.74 Å². The van der Waals surface area contributed by atoms with E-state index in [0.29, 0.717) is 17.7 Å². The van der Waals surface area contributed by atoms with Crippen molar-refractivity contribution in [3.8, 4) is 0 Å². The number of urea groups is 1. The van der Waals surface area contributed by atoms with Crippen molar-refractivity contribution < 1.29 is 19.1 Å². The van der Waals surface area contributed by atoms with Crippen LogP contribution in [0.2, 0.25) is 0 Å². The SMILES string of the molecule is CCNC(=O)NC(=O)[C@@H](OC(=O)c1ccc(N(C)C)cc1)c1ccccc1. The molecule has 0 spiro atoms. The Morgan fingerprint density at radius 1 is 1.00 bits per heavy atom. The number of amides is 3. The number of nitrogens with one attached hydrogen (secondary N) is 2. The van der Waals surface area contributed by atoms with E-state index in [1.54, 1.807) is 61.5 Å². The van der Waals surface area contributed by atoms with E-state index in [-0.39, 0.29) is 0 Å². The van der Waals surface area contributed by atoms with Crippen LogP contribution in [0, 0.1) is 0 Å². The normalized spacial score (nSPS) is 11.2. The van der Waals surface area contributed by atoms with Crippen molar-refractivity contribution in [1.82, 2.24) is 10.6 Å². The van der Waals surface area contributed by atoms with E-state index in [1.165, 1.54) is 0 Å². The molecule has 0 saturated carbocycles. The molecule has 0 aliphatic rings. The molecule has 2 aromatic carbocycles. The predicted molar refractivity (Wildman–Crippen MR) is 103 cm³/mol. The fourth-order valence-corrected chi connectivity index (χ4v) is 2.35. The lowest BCUT2D eigenvalue weighted by atomic mass is 10.1. The first-order valence-electron chi connectivity index (χ1n) is 8.54. The number of rotatable bonds is 6. The summed E-state index contributed by atoms with van der Waals surface area (Å²) in [6, 6.07) is 14.7. The number of nitrogens with zero attached hydrogens (tertiary/aromatic N) is 1. The summed E-state index contributed by atoms with van der Waals surface area (Å²) in [5, 5.41) is 4.66. The molecular formula is C20H23N3O4. The third-order valence-corrected chi connectivity index (χ3v) is 3.76. The second-order valence-corrected chi connectivity index (χ2v) is 5.99. The molecule has 0 aromatic heterocycles. The van der Waals surface area contributed by atoms with Gasteiger partial charge in [0.15, 0.2) is 0 Å². The van der Waals surface area contributed by atoms with Gasteiger partial charge in [0, 0.05) is 31.9 Å². The summed E-state index contributed by atoms with van der Waals surface area (Å²) in [6.45, 7) is 2.10. The van der Waals surface area contributed by atoms with E-state index < -0.39 is 24.0 Å². The number of anilines is 1. The van der Waals surface area contributed by atoms with Crippen LogP contribution in [-0.2, 0) is 9.53 Å². The Bertz CT molecular complexity index is 789. The number of hydrogen-bond acceptors (Lipinski definition) is 5. The highest BCUT2D eigenvalue weighted by Gasteiger charge is 2.27. The molecule has 0 unspecified atom stereocenters. The van der Waals surface area contributed by atoms with Gasteiger partial charge in [-0.2, -0.15) is 0 Å². The molecule has 0 saturated heterocycles. The Labute approximate surface area is 158 Å². The summed E-state index contributed by atoms with van der Waals surface area (Å²) < 4.78 is 5.42. The van der Waals surface area contributed by atoms with Gasteiger partial charge in [-0.25, -0.2) is 9.59 Å². The molecule has 0 aliphatic carbocycles. The van der Waals surface area contributed by atoms with Crippen LogP contribution in [0.4, 0.5) is 10.5 Å². The van der Waals surface area contributed by atoms with Crippen LogP contribution >= 0.6 is 0 Å². The minimum Gasteiger partial charge on any atom is -0.444 e. The Balaban J connectivity index is 2.19. The predicted octanol–water partition coefficient (Wildman–Crippen LogP) is 2.50. The fourth-order valence-electron chi connectivity index (χ4n) is 2.35. The number of hydrogen-bond donors (Lipinski definition) is 2. The number of imide groups is 1. The molecule has 2 aromatic rings. The largest absolute Gasteiger partial charge is 0.444 e. The second-order valence-electron chi connectivity index (χ2n) is 5.99. The van der Waals surface area contributed by atoms with Crippen molar-refractivity contribution in [2.45, 2.75) is 13.0 Å². The van der Waals surface area contributed by atoms with Gasteiger partial charge < -0.3 is 15.0 Å². The molecule has 27 heavy (non-hydrogen) atoms. The smallest absolute Gasteiger partial charge is 0.339 e. The van der Waals surface area contributed by atoms with E-state index in [1.807, 2.05) is 19.0 Å². The average Bonchev–Trinajstić information content (AvgIpc) is 2.66. The lowest BCUT2D eigenvalue weighted by Crippen LogP contribution is -2.42. The third-order valence-electron chi connectivity index (χ3n) is 3.76. The number of ether oxygens (including phenoxy) is 1. The molecule has 0 heterocycles. The van der Waals surface area contributed by atoms with E-state index in [0.717, 1.165) is 5.69 Å². The molecule has 142 valence electrons. The Kier molecular flexibility index (Phi) is 6.93. The molecule has 7 nitrogen and oxygen atoms in total. The minimum absolute atomic E-state index is 0.312. The Hall–Kier alpha value is -3.35. The maximum atomic E-state index is 12.5. The van der Waals surface area contributed by atoms with Crippen LogP contribution in [0.3, 0.4) is 0 Å². The summed E-state index contributed by atoms with van der Waals surface area (Å²) in [5.41, 5.74) is 1.71. The standard InChI is InChI=1S/C20H23N3O4/c1-4-21-20(26)22-18(24)17(14-8-6-5-7-9-14)27-19(25)15-10-12-16(13-11-15)23(2)3/h5-13,17H,4H2,1-3H3,(H2,21,22,24,26)/t17-/m0/s1. The highest BCUT2D eigenvalue weighted by Crippen LogP contribution is 2.21. The highest BCUT2D eigenvalue weighted by atomic mass is 16.5. The van der Waals surface area contributed by atoms with Crippen LogP contribution in [0.25, 0.3) is 0 Å². The first kappa shape index (κ1) is 20.0. The maximum absolute atomic E-state index is 12.5. The molecule has 0 aliphatic heterocycles. The van der Waals surface area contributed by atoms with Crippen LogP contribution in [0.1, 0.15) is 28.9 Å². The molecule has 2 N–H and O–H groups in total. The van der Waals surface area contributed by atoms with Gasteiger partial charge >= 0.3 is 12.0 Å². The first-order chi connectivity index (χ1) is 12.9.